The molecule has 0 saturated carbocycles. The molecule has 2 saturated heterocycles. The Hall–Kier alpha value is -4.99. The van der Waals surface area contributed by atoms with Gasteiger partial charge in [0.05, 0.1) is 24.6 Å². The fourth-order valence-corrected chi connectivity index (χ4v) is 7.54. The second-order valence-electron chi connectivity index (χ2n) is 11.3. The number of rotatable bonds is 7. The van der Waals surface area contributed by atoms with Crippen LogP contribution in [0.2, 0.25) is 0 Å². The van der Waals surface area contributed by atoms with E-state index in [1.807, 2.05) is 83.8 Å². The molecule has 4 aromatic carbocycles. The zero-order valence-corrected chi connectivity index (χ0v) is 23.7. The Morgan fingerprint density at radius 2 is 1.50 bits per heavy atom. The van der Waals surface area contributed by atoms with Gasteiger partial charge in [-0.05, 0) is 28.8 Å². The number of ether oxygens (including phenoxy) is 2. The van der Waals surface area contributed by atoms with E-state index in [4.69, 9.17) is 15.2 Å². The molecule has 0 radical (unpaired) electrons. The van der Waals surface area contributed by atoms with Gasteiger partial charge >= 0.3 is 5.97 Å². The van der Waals surface area contributed by atoms with E-state index >= 15 is 0 Å². The number of nitrogens with zero attached hydrogens (tertiary/aromatic N) is 1. The van der Waals surface area contributed by atoms with Crippen molar-refractivity contribution in [3.8, 4) is 5.75 Å². The van der Waals surface area contributed by atoms with Crippen molar-refractivity contribution in [2.24, 2.45) is 11.7 Å². The number of fused-ring (bicyclic) bond motifs is 3. The molecular weight excluding hydrogens is 558 g/mol. The largest absolute Gasteiger partial charge is 0.491 e. The zero-order valence-electron chi connectivity index (χ0n) is 23.7. The standard InChI is InChI=1S/C35H31N3O6/c36-32(40)27-29-33(41)44-30(22-13-5-2-6-14-22)28(21-11-3-1-4-12-21)38(29)31(23-15-7-10-18-26(23)43-20-19-39)35(27)24-16-8-9-17-25(24)37-34(35)42/h1-18,27-31,39H,19-20H2,(H2,36,40)(H,37,42)/t27-,28-,29-,30+,31+,35-/m0/s1. The molecule has 2 amide bonds. The van der Waals surface area contributed by atoms with Gasteiger partial charge in [0.15, 0.2) is 0 Å². The Bertz CT molecular complexity index is 1730. The van der Waals surface area contributed by atoms with Gasteiger partial charge in [-0.2, -0.15) is 0 Å². The van der Waals surface area contributed by atoms with Crippen molar-refractivity contribution in [2.75, 3.05) is 18.5 Å². The smallest absolute Gasteiger partial charge is 0.324 e. The molecule has 4 aromatic rings. The van der Waals surface area contributed by atoms with E-state index in [0.29, 0.717) is 22.6 Å². The summed E-state index contributed by atoms with van der Waals surface area (Å²) in [5.74, 6) is -2.71. The molecule has 0 unspecified atom stereocenters. The first-order chi connectivity index (χ1) is 21.5. The highest BCUT2D eigenvalue weighted by atomic mass is 16.6. The molecule has 222 valence electrons. The Morgan fingerprint density at radius 3 is 2.20 bits per heavy atom. The van der Waals surface area contributed by atoms with Crippen LogP contribution in [-0.4, -0.2) is 47.0 Å². The first-order valence-electron chi connectivity index (χ1n) is 14.6. The van der Waals surface area contributed by atoms with Gasteiger partial charge in [-0.1, -0.05) is 97.1 Å². The monoisotopic (exact) mass is 589 g/mol. The van der Waals surface area contributed by atoms with Crippen LogP contribution < -0.4 is 15.8 Å². The third kappa shape index (κ3) is 4.04. The van der Waals surface area contributed by atoms with Crippen molar-refractivity contribution in [2.45, 2.75) is 29.6 Å². The number of cyclic esters (lactones) is 1. The van der Waals surface area contributed by atoms with Gasteiger partial charge in [0.25, 0.3) is 0 Å². The number of nitrogens with one attached hydrogen (secondary N) is 1. The molecule has 0 bridgehead atoms. The maximum absolute atomic E-state index is 14.5. The van der Waals surface area contributed by atoms with E-state index in [2.05, 4.69) is 5.32 Å². The molecule has 44 heavy (non-hydrogen) atoms. The van der Waals surface area contributed by atoms with Crippen molar-refractivity contribution in [1.29, 1.82) is 0 Å². The van der Waals surface area contributed by atoms with Gasteiger partial charge in [-0.25, -0.2) is 0 Å². The molecule has 3 aliphatic heterocycles. The molecule has 4 N–H and O–H groups in total. The molecule has 0 aliphatic carbocycles. The minimum absolute atomic E-state index is 0.0129. The lowest BCUT2D eigenvalue weighted by molar-refractivity contribution is -0.178. The summed E-state index contributed by atoms with van der Waals surface area (Å²) < 4.78 is 12.3. The van der Waals surface area contributed by atoms with Gasteiger partial charge in [0, 0.05) is 11.3 Å². The van der Waals surface area contributed by atoms with Crippen molar-refractivity contribution in [3.05, 3.63) is 131 Å². The molecule has 3 heterocycles. The van der Waals surface area contributed by atoms with E-state index in [1.165, 1.54) is 0 Å². The van der Waals surface area contributed by atoms with E-state index < -0.39 is 53.3 Å². The number of esters is 1. The molecule has 1 spiro atoms. The molecule has 3 aliphatic rings. The predicted molar refractivity (Wildman–Crippen MR) is 161 cm³/mol. The quantitative estimate of drug-likeness (QED) is 0.280. The van der Waals surface area contributed by atoms with Crippen LogP contribution in [0.15, 0.2) is 109 Å². The number of nitrogens with two attached hydrogens (primary N) is 1. The number of anilines is 1. The summed E-state index contributed by atoms with van der Waals surface area (Å²) in [5, 5.41) is 12.6. The number of para-hydroxylation sites is 2. The van der Waals surface area contributed by atoms with E-state index in [9.17, 15) is 19.5 Å². The highest BCUT2D eigenvalue weighted by Crippen LogP contribution is 2.65. The predicted octanol–water partition coefficient (Wildman–Crippen LogP) is 3.81. The summed E-state index contributed by atoms with van der Waals surface area (Å²) in [6, 6.07) is 30.8. The number of primary amides is 1. The fourth-order valence-electron chi connectivity index (χ4n) is 7.54. The highest BCUT2D eigenvalue weighted by molar-refractivity contribution is 6.11. The fraction of sp³-hybridized carbons (Fsp3) is 0.229. The summed E-state index contributed by atoms with van der Waals surface area (Å²) in [5.41, 5.74) is 7.91. The third-order valence-electron chi connectivity index (χ3n) is 9.08. The molecule has 9 nitrogen and oxygen atoms in total. The van der Waals surface area contributed by atoms with Crippen LogP contribution in [0.3, 0.4) is 0 Å². The highest BCUT2D eigenvalue weighted by Gasteiger charge is 2.74. The number of hydrogen-bond donors (Lipinski definition) is 3. The summed E-state index contributed by atoms with van der Waals surface area (Å²) >= 11 is 0. The lowest BCUT2D eigenvalue weighted by atomic mass is 9.65. The minimum Gasteiger partial charge on any atom is -0.491 e. The molecule has 2 fully saturated rings. The maximum atomic E-state index is 14.5. The second-order valence-corrected chi connectivity index (χ2v) is 11.3. The second kappa shape index (κ2) is 10.9. The van der Waals surface area contributed by atoms with Crippen LogP contribution in [-0.2, 0) is 24.5 Å². The van der Waals surface area contributed by atoms with Crippen LogP contribution in [0.25, 0.3) is 0 Å². The van der Waals surface area contributed by atoms with Crippen LogP contribution >= 0.6 is 0 Å². The van der Waals surface area contributed by atoms with E-state index in [-0.39, 0.29) is 13.2 Å². The van der Waals surface area contributed by atoms with Crippen molar-refractivity contribution in [1.82, 2.24) is 4.90 Å². The summed E-state index contributed by atoms with van der Waals surface area (Å²) in [7, 11) is 0. The number of aliphatic hydroxyl groups excluding tert-OH is 1. The van der Waals surface area contributed by atoms with Crippen LogP contribution in [0.4, 0.5) is 5.69 Å². The number of hydrogen-bond acceptors (Lipinski definition) is 7. The lowest BCUT2D eigenvalue weighted by Gasteiger charge is -2.46. The number of carbonyl (C=O) groups excluding carboxylic acids is 3. The summed E-state index contributed by atoms with van der Waals surface area (Å²) in [4.78, 5) is 44.5. The van der Waals surface area contributed by atoms with Crippen LogP contribution in [0, 0.1) is 5.92 Å². The Kier molecular flexibility index (Phi) is 6.91. The van der Waals surface area contributed by atoms with Gasteiger partial charge in [-0.3, -0.25) is 19.3 Å². The number of amides is 2. The Balaban J connectivity index is 1.57. The number of carbonyl (C=O) groups is 3. The van der Waals surface area contributed by atoms with Gasteiger partial charge in [-0.15, -0.1) is 0 Å². The lowest BCUT2D eigenvalue weighted by Crippen LogP contribution is -2.53. The normalized spacial score (nSPS) is 27.3. The number of morpholine rings is 1. The van der Waals surface area contributed by atoms with E-state index in [0.717, 1.165) is 11.1 Å². The first-order valence-corrected chi connectivity index (χ1v) is 14.6. The SMILES string of the molecule is NC(=O)[C@@H]1[C@H]2C(=O)O[C@H](c3ccccc3)[C@H](c3ccccc3)N2[C@H](c2ccccc2OCCO)[C@@]12C(=O)Nc1ccccc12. The average molecular weight is 590 g/mol. The molecule has 6 atom stereocenters. The molecule has 9 heteroatoms. The van der Waals surface area contributed by atoms with Crippen LogP contribution in [0.1, 0.15) is 40.4 Å². The summed E-state index contributed by atoms with van der Waals surface area (Å²) in [6.45, 7) is -0.211. The van der Waals surface area contributed by atoms with Crippen molar-refractivity contribution >= 4 is 23.5 Å². The minimum atomic E-state index is -1.61. The number of benzene rings is 4. The van der Waals surface area contributed by atoms with Gasteiger partial charge in [0.1, 0.15) is 29.9 Å². The topological polar surface area (TPSA) is 131 Å². The van der Waals surface area contributed by atoms with Crippen LogP contribution in [0.5, 0.6) is 5.75 Å². The van der Waals surface area contributed by atoms with Gasteiger partial charge < -0.3 is 25.6 Å². The van der Waals surface area contributed by atoms with Gasteiger partial charge in [0.2, 0.25) is 11.8 Å². The Morgan fingerprint density at radius 1 is 0.864 bits per heavy atom. The Labute approximate surface area is 254 Å². The third-order valence-corrected chi connectivity index (χ3v) is 9.08. The zero-order chi connectivity index (χ0) is 30.4. The molecular formula is C35H31N3O6. The number of aliphatic hydroxyl groups is 1. The van der Waals surface area contributed by atoms with E-state index in [1.54, 1.807) is 30.3 Å². The first kappa shape index (κ1) is 27.8. The summed E-state index contributed by atoms with van der Waals surface area (Å²) in [6.07, 6.45) is -0.765. The maximum Gasteiger partial charge on any atom is 0.324 e. The molecule has 7 rings (SSSR count). The van der Waals surface area contributed by atoms with Crippen molar-refractivity contribution in [3.63, 3.8) is 0 Å². The average Bonchev–Trinajstić information content (AvgIpc) is 3.53. The molecule has 0 aromatic heterocycles. The van der Waals surface area contributed by atoms with Crippen molar-refractivity contribution < 1.29 is 29.0 Å².